The van der Waals surface area contributed by atoms with E-state index in [1.165, 1.54) is 39.2 Å². The Bertz CT molecular complexity index is 2310. The molecule has 0 fully saturated rings. The van der Waals surface area contributed by atoms with Gasteiger partial charge in [-0.1, -0.05) is 106 Å². The molecule has 0 saturated carbocycles. The summed E-state index contributed by atoms with van der Waals surface area (Å²) in [6, 6.07) is 38.0. The number of allylic oxidation sites excluding steroid dienone is 1. The van der Waals surface area contributed by atoms with E-state index in [1.54, 1.807) is 0 Å². The summed E-state index contributed by atoms with van der Waals surface area (Å²) in [6.07, 6.45) is 3.88. The van der Waals surface area contributed by atoms with Crippen molar-refractivity contribution in [3.63, 3.8) is 0 Å². The van der Waals surface area contributed by atoms with Crippen molar-refractivity contribution < 1.29 is 0 Å². The fourth-order valence-corrected chi connectivity index (χ4v) is 8.13. The molecule has 0 bridgehead atoms. The van der Waals surface area contributed by atoms with Crippen LogP contribution in [-0.4, -0.2) is 9.13 Å². The van der Waals surface area contributed by atoms with Gasteiger partial charge in [0.2, 0.25) is 0 Å². The first-order chi connectivity index (χ1) is 22.0. The van der Waals surface area contributed by atoms with Crippen LogP contribution in [0.1, 0.15) is 46.1 Å². The molecule has 6 aromatic rings. The molecule has 0 saturated heterocycles. The van der Waals surface area contributed by atoms with Crippen molar-refractivity contribution in [3.8, 4) is 16.8 Å². The zero-order chi connectivity index (χ0) is 30.7. The second-order valence-electron chi connectivity index (χ2n) is 11.7. The van der Waals surface area contributed by atoms with Gasteiger partial charge in [-0.3, -0.25) is 9.36 Å². The van der Waals surface area contributed by atoms with Crippen molar-refractivity contribution in [1.29, 1.82) is 0 Å². The van der Waals surface area contributed by atoms with Crippen LogP contribution in [0.3, 0.4) is 0 Å². The van der Waals surface area contributed by atoms with Gasteiger partial charge in [-0.25, -0.2) is 4.99 Å². The van der Waals surface area contributed by atoms with Crippen molar-refractivity contribution in [3.05, 3.63) is 173 Å². The Kier molecular flexibility index (Phi) is 6.92. The van der Waals surface area contributed by atoms with Crippen molar-refractivity contribution in [2.24, 2.45) is 4.99 Å². The Morgan fingerprint density at radius 3 is 2.33 bits per heavy atom. The summed E-state index contributed by atoms with van der Waals surface area (Å²) >= 11 is 5.07. The normalized spacial score (nSPS) is 15.8. The van der Waals surface area contributed by atoms with E-state index in [-0.39, 0.29) is 11.6 Å². The van der Waals surface area contributed by atoms with Crippen LogP contribution in [0.5, 0.6) is 0 Å². The van der Waals surface area contributed by atoms with Crippen LogP contribution in [0, 0.1) is 13.8 Å². The van der Waals surface area contributed by atoms with Crippen molar-refractivity contribution in [2.45, 2.75) is 32.7 Å². The number of benzene rings is 4. The molecule has 4 aromatic carbocycles. The number of aromatic nitrogens is 2. The summed E-state index contributed by atoms with van der Waals surface area (Å²) < 4.78 is 5.90. The molecule has 1 aliphatic heterocycles. The zero-order valence-corrected chi connectivity index (χ0v) is 27.4. The van der Waals surface area contributed by atoms with Gasteiger partial charge in [-0.2, -0.15) is 0 Å². The minimum absolute atomic E-state index is 0.00842. The predicted octanol–water partition coefficient (Wildman–Crippen LogP) is 8.16. The van der Waals surface area contributed by atoms with E-state index in [1.807, 2.05) is 10.6 Å². The van der Waals surface area contributed by atoms with Crippen LogP contribution in [0.15, 0.2) is 129 Å². The minimum Gasteiger partial charge on any atom is -0.318 e. The lowest BCUT2D eigenvalue weighted by Gasteiger charge is -2.30. The summed E-state index contributed by atoms with van der Waals surface area (Å²) in [5, 5.41) is 0. The van der Waals surface area contributed by atoms with Crippen LogP contribution < -0.4 is 14.9 Å². The third-order valence-electron chi connectivity index (χ3n) is 9.05. The van der Waals surface area contributed by atoms with E-state index >= 15 is 0 Å². The number of halogens is 1. The Morgan fingerprint density at radius 2 is 1.56 bits per heavy atom. The van der Waals surface area contributed by atoms with Gasteiger partial charge in [-0.05, 0) is 96.5 Å². The Labute approximate surface area is 274 Å². The third-order valence-corrected chi connectivity index (χ3v) is 10.6. The second kappa shape index (κ2) is 11.1. The molecule has 0 radical (unpaired) electrons. The third kappa shape index (κ3) is 4.80. The zero-order valence-electron chi connectivity index (χ0n) is 25.0. The molecule has 6 heteroatoms. The summed E-state index contributed by atoms with van der Waals surface area (Å²) in [4.78, 5) is 20.2. The molecule has 0 N–H and O–H groups in total. The largest absolute Gasteiger partial charge is 0.318 e. The van der Waals surface area contributed by atoms with E-state index in [2.05, 4.69) is 144 Å². The molecule has 1 atom stereocenters. The van der Waals surface area contributed by atoms with Gasteiger partial charge in [0.05, 0.1) is 16.3 Å². The molecular weight excluding hydrogens is 638 g/mol. The second-order valence-corrected chi connectivity index (χ2v) is 13.7. The van der Waals surface area contributed by atoms with Crippen LogP contribution in [0.2, 0.25) is 0 Å². The molecule has 4 nitrogen and oxygen atoms in total. The maximum atomic E-state index is 14.3. The van der Waals surface area contributed by atoms with Crippen LogP contribution >= 0.6 is 27.3 Å². The van der Waals surface area contributed by atoms with Gasteiger partial charge >= 0.3 is 0 Å². The summed E-state index contributed by atoms with van der Waals surface area (Å²) in [5.74, 6) is 0. The van der Waals surface area contributed by atoms with Crippen LogP contribution in [-0.2, 0) is 6.42 Å². The maximum absolute atomic E-state index is 14.3. The SMILES string of the molecule is Cc1cc(/C=c2\sc3n(c2=O)[C@@H](c2ccc(Br)cc2)C2=C(N=3)c3ccccc3CC2)c(C)n1-c1ccc(-c2ccccc2)cc1. The van der Waals surface area contributed by atoms with Gasteiger partial charge in [0.1, 0.15) is 0 Å². The number of thiazole rings is 1. The Balaban J connectivity index is 1.25. The number of hydrogen-bond donors (Lipinski definition) is 0. The summed E-state index contributed by atoms with van der Waals surface area (Å²) in [6.45, 7) is 4.25. The van der Waals surface area contributed by atoms with E-state index in [9.17, 15) is 4.79 Å². The van der Waals surface area contributed by atoms with Gasteiger partial charge in [-0.15, -0.1) is 0 Å². The van der Waals surface area contributed by atoms with Gasteiger partial charge in [0.25, 0.3) is 5.56 Å². The Hall–Kier alpha value is -4.52. The monoisotopic (exact) mass is 667 g/mol. The molecule has 3 heterocycles. The highest BCUT2D eigenvalue weighted by molar-refractivity contribution is 9.10. The van der Waals surface area contributed by atoms with Crippen LogP contribution in [0.4, 0.5) is 0 Å². The van der Waals surface area contributed by atoms with Crippen LogP contribution in [0.25, 0.3) is 28.6 Å². The molecular formula is C39H30BrN3OS. The first kappa shape index (κ1) is 28.0. The van der Waals surface area contributed by atoms with Crippen molar-refractivity contribution in [2.75, 3.05) is 0 Å². The predicted molar refractivity (Wildman–Crippen MR) is 188 cm³/mol. The highest BCUT2D eigenvalue weighted by Gasteiger charge is 2.32. The molecule has 2 aromatic heterocycles. The quantitative estimate of drug-likeness (QED) is 0.187. The number of rotatable bonds is 4. The molecule has 0 unspecified atom stereocenters. The number of nitrogens with zero attached hydrogens (tertiary/aromatic N) is 3. The van der Waals surface area contributed by atoms with Crippen molar-refractivity contribution in [1.82, 2.24) is 9.13 Å². The van der Waals surface area contributed by atoms with Gasteiger partial charge in [0, 0.05) is 27.1 Å². The van der Waals surface area contributed by atoms with Gasteiger partial charge < -0.3 is 4.57 Å². The number of aryl methyl sites for hydroxylation is 2. The summed E-state index contributed by atoms with van der Waals surface area (Å²) in [5.41, 5.74) is 12.6. The smallest absolute Gasteiger partial charge is 0.271 e. The first-order valence-electron chi connectivity index (χ1n) is 15.2. The van der Waals surface area contributed by atoms with Gasteiger partial charge in [0.15, 0.2) is 4.80 Å². The molecule has 0 amide bonds. The Morgan fingerprint density at radius 1 is 0.844 bits per heavy atom. The average Bonchev–Trinajstić information content (AvgIpc) is 3.54. The molecule has 220 valence electrons. The van der Waals surface area contributed by atoms with E-state index in [4.69, 9.17) is 4.99 Å². The summed E-state index contributed by atoms with van der Waals surface area (Å²) in [7, 11) is 0. The molecule has 2 aliphatic rings. The lowest BCUT2D eigenvalue weighted by atomic mass is 9.83. The van der Waals surface area contributed by atoms with Crippen molar-refractivity contribution >= 4 is 39.0 Å². The molecule has 0 spiro atoms. The first-order valence-corrected chi connectivity index (χ1v) is 16.8. The maximum Gasteiger partial charge on any atom is 0.271 e. The fraction of sp³-hybridized carbons (Fsp3) is 0.128. The number of fused-ring (bicyclic) bond motifs is 3. The van der Waals surface area contributed by atoms with E-state index < -0.39 is 0 Å². The minimum atomic E-state index is -0.185. The molecule has 45 heavy (non-hydrogen) atoms. The van der Waals surface area contributed by atoms with E-state index in [0.29, 0.717) is 4.53 Å². The molecule has 1 aliphatic carbocycles. The highest BCUT2D eigenvalue weighted by atomic mass is 79.9. The fourth-order valence-electron chi connectivity index (χ4n) is 6.87. The topological polar surface area (TPSA) is 39.3 Å². The lowest BCUT2D eigenvalue weighted by molar-refractivity contribution is 0.585. The van der Waals surface area contributed by atoms with E-state index in [0.717, 1.165) is 56.0 Å². The standard InChI is InChI=1S/C39H30BrN3OS/c1-24-22-30(25(2)42(24)32-19-14-27(15-20-32)26-8-4-3-5-9-26)23-35-38(44)43-37(29-12-17-31(40)18-13-29)34-21-16-28-10-6-7-11-33(28)36(34)41-39(43)45-35/h3-15,17-20,22-23,37H,16,21H2,1-2H3/b35-23-/t37-/m0/s1. The highest BCUT2D eigenvalue weighted by Crippen LogP contribution is 2.41. The average molecular weight is 669 g/mol. The molecule has 8 rings (SSSR count). The number of hydrogen-bond acceptors (Lipinski definition) is 3. The lowest BCUT2D eigenvalue weighted by Crippen LogP contribution is -2.38.